The summed E-state index contributed by atoms with van der Waals surface area (Å²) < 4.78 is 35.0. The lowest BCUT2D eigenvalue weighted by Gasteiger charge is -2.12. The summed E-state index contributed by atoms with van der Waals surface area (Å²) >= 11 is 1.15. The van der Waals surface area contributed by atoms with Gasteiger partial charge in [0.1, 0.15) is 6.04 Å². The SMILES string of the molecule is FC(F)(F)C1CS[CH]N1. The molecule has 1 atom stereocenters. The highest BCUT2D eigenvalue weighted by atomic mass is 32.2. The molecule has 0 aromatic rings. The lowest BCUT2D eigenvalue weighted by Crippen LogP contribution is -2.38. The fourth-order valence-electron chi connectivity index (χ4n) is 0.512. The van der Waals surface area contributed by atoms with Gasteiger partial charge in [-0.05, 0) is 0 Å². The van der Waals surface area contributed by atoms with Crippen LogP contribution in [-0.2, 0) is 0 Å². The van der Waals surface area contributed by atoms with E-state index in [4.69, 9.17) is 0 Å². The third-order valence-corrected chi connectivity index (χ3v) is 1.84. The van der Waals surface area contributed by atoms with Crippen LogP contribution in [0.4, 0.5) is 13.2 Å². The predicted molar refractivity (Wildman–Crippen MR) is 29.7 cm³/mol. The van der Waals surface area contributed by atoms with Crippen molar-refractivity contribution in [2.45, 2.75) is 12.2 Å². The number of thioether (sulfide) groups is 1. The van der Waals surface area contributed by atoms with Gasteiger partial charge in [-0.3, -0.25) is 5.32 Å². The van der Waals surface area contributed by atoms with Crippen molar-refractivity contribution in [1.29, 1.82) is 0 Å². The van der Waals surface area contributed by atoms with Crippen molar-refractivity contribution >= 4 is 11.8 Å². The molecule has 1 rings (SSSR count). The molecule has 0 amide bonds. The molecule has 1 radical (unpaired) electrons. The van der Waals surface area contributed by atoms with Gasteiger partial charge in [0.15, 0.2) is 0 Å². The van der Waals surface area contributed by atoms with Gasteiger partial charge < -0.3 is 0 Å². The average Bonchev–Trinajstić information content (AvgIpc) is 2.08. The van der Waals surface area contributed by atoms with Gasteiger partial charge in [0.2, 0.25) is 0 Å². The summed E-state index contributed by atoms with van der Waals surface area (Å²) in [4.78, 5) is 0. The van der Waals surface area contributed by atoms with E-state index in [9.17, 15) is 13.2 Å². The highest BCUT2D eigenvalue weighted by molar-refractivity contribution is 8.01. The van der Waals surface area contributed by atoms with E-state index in [1.165, 1.54) is 5.88 Å². The maximum atomic E-state index is 11.7. The molecule has 1 aliphatic rings. The molecule has 0 aromatic carbocycles. The van der Waals surface area contributed by atoms with Gasteiger partial charge in [-0.15, -0.1) is 11.8 Å². The number of hydrogen-bond donors (Lipinski definition) is 1. The van der Waals surface area contributed by atoms with Crippen molar-refractivity contribution in [3.05, 3.63) is 5.88 Å². The molecule has 0 aromatic heterocycles. The van der Waals surface area contributed by atoms with Gasteiger partial charge in [-0.25, -0.2) is 0 Å². The quantitative estimate of drug-likeness (QED) is 0.568. The van der Waals surface area contributed by atoms with Gasteiger partial charge in [0, 0.05) is 5.75 Å². The average molecular weight is 156 g/mol. The maximum absolute atomic E-state index is 11.7. The Bertz CT molecular complexity index is 96.5. The molecule has 5 heteroatoms. The Morgan fingerprint density at radius 2 is 2.22 bits per heavy atom. The highest BCUT2D eigenvalue weighted by Crippen LogP contribution is 2.28. The molecule has 1 saturated heterocycles. The summed E-state index contributed by atoms with van der Waals surface area (Å²) in [6.07, 6.45) is -4.08. The summed E-state index contributed by atoms with van der Waals surface area (Å²) in [5.41, 5.74) is 0. The number of hydrogen-bond acceptors (Lipinski definition) is 2. The standard InChI is InChI=1S/C4H5F3NS/c5-4(6,7)3-1-9-2-8-3/h2-3,8H,1H2. The van der Waals surface area contributed by atoms with Crippen LogP contribution >= 0.6 is 11.8 Å². The van der Waals surface area contributed by atoms with Crippen molar-refractivity contribution in [3.8, 4) is 0 Å². The summed E-state index contributed by atoms with van der Waals surface area (Å²) in [5.74, 6) is 1.47. The van der Waals surface area contributed by atoms with Gasteiger partial charge in [0.05, 0.1) is 5.88 Å². The van der Waals surface area contributed by atoms with E-state index in [0.29, 0.717) is 0 Å². The Balaban J connectivity index is 2.42. The van der Waals surface area contributed by atoms with Gasteiger partial charge in [-0.2, -0.15) is 13.2 Å². The minimum Gasteiger partial charge on any atom is -0.292 e. The molecule has 0 bridgehead atoms. The molecule has 1 unspecified atom stereocenters. The molecular weight excluding hydrogens is 151 g/mol. The lowest BCUT2D eigenvalue weighted by atomic mass is 10.3. The molecule has 1 N–H and O–H groups in total. The zero-order valence-electron chi connectivity index (χ0n) is 4.40. The molecule has 1 fully saturated rings. The van der Waals surface area contributed by atoms with E-state index in [2.05, 4.69) is 5.32 Å². The van der Waals surface area contributed by atoms with Gasteiger partial charge in [-0.1, -0.05) is 0 Å². The summed E-state index contributed by atoms with van der Waals surface area (Å²) in [6.45, 7) is 0. The first-order chi connectivity index (χ1) is 4.11. The Morgan fingerprint density at radius 1 is 1.56 bits per heavy atom. The van der Waals surface area contributed by atoms with Crippen LogP contribution in [0.5, 0.6) is 0 Å². The Morgan fingerprint density at radius 3 is 2.44 bits per heavy atom. The summed E-state index contributed by atoms with van der Waals surface area (Å²) in [6, 6.07) is -1.33. The predicted octanol–water partition coefficient (Wildman–Crippen LogP) is 1.37. The second kappa shape index (κ2) is 2.38. The van der Waals surface area contributed by atoms with Crippen LogP contribution in [0, 0.1) is 5.88 Å². The van der Waals surface area contributed by atoms with E-state index in [0.717, 1.165) is 11.8 Å². The molecule has 0 saturated carbocycles. The number of nitrogens with one attached hydrogen (secondary N) is 1. The number of alkyl halides is 3. The van der Waals surface area contributed by atoms with E-state index in [-0.39, 0.29) is 5.75 Å². The van der Waals surface area contributed by atoms with Crippen LogP contribution in [0.3, 0.4) is 0 Å². The minimum absolute atomic E-state index is 0.101. The summed E-state index contributed by atoms with van der Waals surface area (Å²) in [5, 5.41) is 2.21. The molecule has 1 aliphatic heterocycles. The first-order valence-corrected chi connectivity index (χ1v) is 3.41. The zero-order valence-corrected chi connectivity index (χ0v) is 5.22. The minimum atomic E-state index is -4.08. The van der Waals surface area contributed by atoms with Crippen LogP contribution in [0.2, 0.25) is 0 Å². The maximum Gasteiger partial charge on any atom is 0.404 e. The summed E-state index contributed by atoms with van der Waals surface area (Å²) in [7, 11) is 0. The topological polar surface area (TPSA) is 12.0 Å². The van der Waals surface area contributed by atoms with Crippen LogP contribution in [0.15, 0.2) is 0 Å². The Kier molecular flexibility index (Phi) is 1.91. The second-order valence-corrected chi connectivity index (χ2v) is 2.61. The second-order valence-electron chi connectivity index (χ2n) is 1.71. The Hall–Kier alpha value is 0.1000. The van der Waals surface area contributed by atoms with Crippen LogP contribution in [-0.4, -0.2) is 18.0 Å². The third kappa shape index (κ3) is 1.76. The lowest BCUT2D eigenvalue weighted by molar-refractivity contribution is -0.147. The van der Waals surface area contributed by atoms with E-state index in [1.807, 2.05) is 0 Å². The Labute approximate surface area is 55.0 Å². The van der Waals surface area contributed by atoms with Gasteiger partial charge >= 0.3 is 6.18 Å². The monoisotopic (exact) mass is 156 g/mol. The smallest absolute Gasteiger partial charge is 0.292 e. The normalized spacial score (nSPS) is 29.0. The van der Waals surface area contributed by atoms with Crippen LogP contribution in [0.25, 0.3) is 0 Å². The third-order valence-electron chi connectivity index (χ3n) is 1.01. The van der Waals surface area contributed by atoms with Crippen molar-refractivity contribution in [2.75, 3.05) is 5.75 Å². The van der Waals surface area contributed by atoms with Crippen molar-refractivity contribution in [2.24, 2.45) is 0 Å². The molecular formula is C4H5F3NS. The molecule has 53 valence electrons. The highest BCUT2D eigenvalue weighted by Gasteiger charge is 2.41. The fourth-order valence-corrected chi connectivity index (χ4v) is 1.35. The van der Waals surface area contributed by atoms with Crippen molar-refractivity contribution < 1.29 is 13.2 Å². The first kappa shape index (κ1) is 7.21. The van der Waals surface area contributed by atoms with E-state index < -0.39 is 12.2 Å². The number of rotatable bonds is 0. The number of halogens is 3. The van der Waals surface area contributed by atoms with Crippen LogP contribution < -0.4 is 5.32 Å². The first-order valence-electron chi connectivity index (χ1n) is 2.37. The molecule has 1 nitrogen and oxygen atoms in total. The van der Waals surface area contributed by atoms with E-state index in [1.54, 1.807) is 0 Å². The van der Waals surface area contributed by atoms with Crippen molar-refractivity contribution in [1.82, 2.24) is 5.32 Å². The largest absolute Gasteiger partial charge is 0.404 e. The molecule has 9 heavy (non-hydrogen) atoms. The van der Waals surface area contributed by atoms with Crippen molar-refractivity contribution in [3.63, 3.8) is 0 Å². The van der Waals surface area contributed by atoms with E-state index >= 15 is 0 Å². The van der Waals surface area contributed by atoms with Crippen LogP contribution in [0.1, 0.15) is 0 Å². The molecule has 1 heterocycles. The van der Waals surface area contributed by atoms with Gasteiger partial charge in [0.25, 0.3) is 0 Å². The molecule has 0 aliphatic carbocycles. The fraction of sp³-hybridized carbons (Fsp3) is 0.750. The zero-order chi connectivity index (χ0) is 6.91. The molecule has 0 spiro atoms.